The van der Waals surface area contributed by atoms with E-state index in [9.17, 15) is 9.59 Å². The fourth-order valence-corrected chi connectivity index (χ4v) is 6.05. The number of amides is 1. The molecule has 5 rings (SSSR count). The average Bonchev–Trinajstić information content (AvgIpc) is 3.06. The van der Waals surface area contributed by atoms with E-state index in [-0.39, 0.29) is 24.0 Å². The summed E-state index contributed by atoms with van der Waals surface area (Å²) in [5.41, 5.74) is 5.14. The molecule has 0 atom stereocenters. The summed E-state index contributed by atoms with van der Waals surface area (Å²) in [6.07, 6.45) is 1.55. The van der Waals surface area contributed by atoms with E-state index >= 15 is 0 Å². The number of fused-ring (bicyclic) bond motifs is 1. The lowest BCUT2D eigenvalue weighted by molar-refractivity contribution is -0.118. The van der Waals surface area contributed by atoms with Crippen LogP contribution in [0, 0.1) is 13.8 Å². The largest absolute Gasteiger partial charge is 0.496 e. The molecule has 1 aromatic heterocycles. The highest BCUT2D eigenvalue weighted by Gasteiger charge is 2.20. The van der Waals surface area contributed by atoms with Gasteiger partial charge in [-0.25, -0.2) is 4.98 Å². The minimum absolute atomic E-state index is 0.170. The van der Waals surface area contributed by atoms with Gasteiger partial charge >= 0.3 is 0 Å². The summed E-state index contributed by atoms with van der Waals surface area (Å²) in [5.74, 6) is 1.71. The third kappa shape index (κ3) is 7.11. The maximum absolute atomic E-state index is 13.9. The van der Waals surface area contributed by atoms with Crippen LogP contribution in [0.15, 0.2) is 85.6 Å². The number of hydrogen-bond acceptors (Lipinski definition) is 7. The Bertz CT molecular complexity index is 2070. The predicted octanol–water partition coefficient (Wildman–Crippen LogP) is 8.25. The number of halogens is 2. The molecule has 1 N–H and O–H groups in total. The third-order valence-electron chi connectivity index (χ3n) is 7.65. The molecule has 0 fully saturated rings. The van der Waals surface area contributed by atoms with E-state index in [1.807, 2.05) is 62.4 Å². The number of aromatic nitrogens is 2. The Balaban J connectivity index is 1.55. The van der Waals surface area contributed by atoms with E-state index in [0.717, 1.165) is 28.0 Å². The highest BCUT2D eigenvalue weighted by atomic mass is 79.9. The molecule has 0 saturated heterocycles. The van der Waals surface area contributed by atoms with Crippen LogP contribution in [0.2, 0.25) is 0 Å². The van der Waals surface area contributed by atoms with Gasteiger partial charge in [0.1, 0.15) is 5.75 Å². The molecular formula is C36H34Br2N4O5. The molecule has 11 heteroatoms. The van der Waals surface area contributed by atoms with Crippen molar-refractivity contribution in [1.29, 1.82) is 0 Å². The van der Waals surface area contributed by atoms with Crippen molar-refractivity contribution in [2.75, 3.05) is 26.1 Å². The molecular weight excluding hydrogens is 728 g/mol. The Morgan fingerprint density at radius 3 is 2.36 bits per heavy atom. The standard InChI is InChI=1S/C36H34Br2N4O5/c1-20(2)25-17-26(22(4)15-29(25)45-5)35-41-28-14-10-8-12-24(28)36(44)42(35)39-18-23-16-30(46-6)34(33(38)32(23)37)47-19-31(43)40-27-13-9-7-11-21(27)3/h7-18,20H,19H2,1-6H3,(H,40,43). The van der Waals surface area contributed by atoms with E-state index in [1.165, 1.54) is 11.8 Å². The Morgan fingerprint density at radius 1 is 0.957 bits per heavy atom. The number of methoxy groups -OCH3 is 2. The molecule has 0 saturated carbocycles. The molecule has 0 radical (unpaired) electrons. The van der Waals surface area contributed by atoms with Crippen LogP contribution in [0.5, 0.6) is 17.2 Å². The first-order chi connectivity index (χ1) is 22.5. The summed E-state index contributed by atoms with van der Waals surface area (Å²) < 4.78 is 19.6. The lowest BCUT2D eigenvalue weighted by Gasteiger charge is -2.17. The van der Waals surface area contributed by atoms with Gasteiger partial charge in [-0.3, -0.25) is 9.59 Å². The summed E-state index contributed by atoms with van der Waals surface area (Å²) in [5, 5.41) is 7.97. The Hall–Kier alpha value is -4.48. The third-order valence-corrected chi connectivity index (χ3v) is 9.79. The maximum atomic E-state index is 13.9. The van der Waals surface area contributed by atoms with E-state index in [4.69, 9.17) is 19.2 Å². The van der Waals surface area contributed by atoms with Gasteiger partial charge in [0.05, 0.1) is 35.8 Å². The van der Waals surface area contributed by atoms with Gasteiger partial charge < -0.3 is 19.5 Å². The van der Waals surface area contributed by atoms with Crippen molar-refractivity contribution in [1.82, 2.24) is 9.66 Å². The van der Waals surface area contributed by atoms with Gasteiger partial charge in [-0.1, -0.05) is 44.2 Å². The van der Waals surface area contributed by atoms with Crippen LogP contribution < -0.4 is 25.1 Å². The summed E-state index contributed by atoms with van der Waals surface area (Å²) in [6.45, 7) is 7.80. The van der Waals surface area contributed by atoms with Gasteiger partial charge in [0.2, 0.25) is 0 Å². The molecule has 9 nitrogen and oxygen atoms in total. The molecule has 0 aliphatic carbocycles. The van der Waals surface area contributed by atoms with Crippen LogP contribution in [0.3, 0.4) is 0 Å². The number of aryl methyl sites for hydroxylation is 2. The van der Waals surface area contributed by atoms with Crippen molar-refractivity contribution < 1.29 is 19.0 Å². The van der Waals surface area contributed by atoms with Crippen molar-refractivity contribution in [2.24, 2.45) is 5.10 Å². The number of nitrogens with one attached hydrogen (secondary N) is 1. The van der Waals surface area contributed by atoms with Crippen LogP contribution in [-0.2, 0) is 4.79 Å². The van der Waals surface area contributed by atoms with Crippen molar-refractivity contribution in [2.45, 2.75) is 33.6 Å². The first-order valence-electron chi connectivity index (χ1n) is 14.8. The van der Waals surface area contributed by atoms with Gasteiger partial charge in [0, 0.05) is 21.3 Å². The summed E-state index contributed by atoms with van der Waals surface area (Å²) >= 11 is 7.20. The van der Waals surface area contributed by atoms with Crippen LogP contribution in [0.1, 0.15) is 42.0 Å². The summed E-state index contributed by atoms with van der Waals surface area (Å²) in [6, 6.07) is 20.4. The quantitative estimate of drug-likeness (QED) is 0.144. The number of nitrogens with zero attached hydrogens (tertiary/aromatic N) is 3. The number of rotatable bonds is 10. The highest BCUT2D eigenvalue weighted by molar-refractivity contribution is 9.13. The molecule has 0 spiro atoms. The molecule has 1 heterocycles. The number of hydrogen-bond donors (Lipinski definition) is 1. The zero-order chi connectivity index (χ0) is 33.8. The molecule has 0 unspecified atom stereocenters. The summed E-state index contributed by atoms with van der Waals surface area (Å²) in [4.78, 5) is 31.5. The lowest BCUT2D eigenvalue weighted by Crippen LogP contribution is -2.21. The zero-order valence-corrected chi connectivity index (χ0v) is 30.0. The highest BCUT2D eigenvalue weighted by Crippen LogP contribution is 2.42. The Morgan fingerprint density at radius 2 is 1.66 bits per heavy atom. The number of carbonyl (C=O) groups is 1. The van der Waals surface area contributed by atoms with Gasteiger partial charge in [-0.05, 0) is 105 Å². The van der Waals surface area contributed by atoms with Crippen molar-refractivity contribution >= 4 is 60.6 Å². The normalized spacial score (nSPS) is 11.3. The molecule has 242 valence electrons. The van der Waals surface area contributed by atoms with E-state index < -0.39 is 0 Å². The number of para-hydroxylation sites is 2. The Kier molecular flexibility index (Phi) is 10.5. The van der Waals surface area contributed by atoms with Crippen LogP contribution in [-0.4, -0.2) is 42.6 Å². The van der Waals surface area contributed by atoms with E-state index in [1.54, 1.807) is 31.5 Å². The molecule has 1 amide bonds. The van der Waals surface area contributed by atoms with Crippen LogP contribution >= 0.6 is 31.9 Å². The van der Waals surface area contributed by atoms with Crippen LogP contribution in [0.4, 0.5) is 5.69 Å². The molecule has 5 aromatic rings. The SMILES string of the molecule is COc1cc(C)c(-c2nc3ccccc3c(=O)n2N=Cc2cc(OC)c(OCC(=O)Nc3ccccc3C)c(Br)c2Br)cc1C(C)C. The minimum Gasteiger partial charge on any atom is -0.496 e. The fourth-order valence-electron chi connectivity index (χ4n) is 5.11. The minimum atomic E-state index is -0.319. The van der Waals surface area contributed by atoms with Crippen LogP contribution in [0.25, 0.3) is 22.3 Å². The number of anilines is 1. The lowest BCUT2D eigenvalue weighted by atomic mass is 9.96. The topological polar surface area (TPSA) is 104 Å². The smallest absolute Gasteiger partial charge is 0.282 e. The number of ether oxygens (including phenoxy) is 3. The first-order valence-corrected chi connectivity index (χ1v) is 16.4. The van der Waals surface area contributed by atoms with Gasteiger partial charge in [0.25, 0.3) is 11.5 Å². The van der Waals surface area contributed by atoms with E-state index in [0.29, 0.717) is 48.4 Å². The van der Waals surface area contributed by atoms with Gasteiger partial charge in [0.15, 0.2) is 23.9 Å². The average molecular weight is 762 g/mol. The second-order valence-electron chi connectivity index (χ2n) is 11.2. The Labute approximate surface area is 289 Å². The predicted molar refractivity (Wildman–Crippen MR) is 194 cm³/mol. The monoisotopic (exact) mass is 760 g/mol. The molecule has 0 aliphatic rings. The fraction of sp³-hybridized carbons (Fsp3) is 0.222. The van der Waals surface area contributed by atoms with Gasteiger partial charge in [-0.2, -0.15) is 9.78 Å². The number of benzene rings is 4. The van der Waals surface area contributed by atoms with Crippen molar-refractivity contribution in [3.05, 3.63) is 108 Å². The first kappa shape index (κ1) is 33.9. The van der Waals surface area contributed by atoms with E-state index in [2.05, 4.69) is 56.1 Å². The molecule has 47 heavy (non-hydrogen) atoms. The zero-order valence-electron chi connectivity index (χ0n) is 26.9. The van der Waals surface area contributed by atoms with Gasteiger partial charge in [-0.15, -0.1) is 0 Å². The van der Waals surface area contributed by atoms with Crippen molar-refractivity contribution in [3.8, 4) is 28.6 Å². The second-order valence-corrected chi connectivity index (χ2v) is 12.7. The maximum Gasteiger partial charge on any atom is 0.282 e. The number of carbonyl (C=O) groups excluding carboxylic acids is 1. The summed E-state index contributed by atoms with van der Waals surface area (Å²) in [7, 11) is 3.15. The molecule has 0 aliphatic heterocycles. The van der Waals surface area contributed by atoms with Crippen molar-refractivity contribution in [3.63, 3.8) is 0 Å². The second kappa shape index (κ2) is 14.5. The molecule has 0 bridgehead atoms. The molecule has 4 aromatic carbocycles.